The number of aliphatic imine (C=N–C) groups is 1. The molecule has 1 aliphatic rings. The minimum Gasteiger partial charge on any atom is -0.462 e. The Kier molecular flexibility index (Phi) is 5.76. The molecule has 22 heavy (non-hydrogen) atoms. The number of nitrogens with zero attached hydrogens (tertiary/aromatic N) is 2. The van der Waals surface area contributed by atoms with Gasteiger partial charge in [-0.05, 0) is 39.5 Å². The van der Waals surface area contributed by atoms with Crippen LogP contribution in [0.2, 0.25) is 0 Å². The van der Waals surface area contributed by atoms with Crippen LogP contribution < -0.4 is 10.6 Å². The minimum absolute atomic E-state index is 0.0164. The van der Waals surface area contributed by atoms with Crippen LogP contribution in [0.25, 0.3) is 0 Å². The molecule has 0 spiro atoms. The fraction of sp³-hybridized carbons (Fsp3) is 0.667. The number of carbonyl (C=O) groups excluding carboxylic acids is 1. The zero-order valence-corrected chi connectivity index (χ0v) is 14.4. The third-order valence-corrected chi connectivity index (χ3v) is 4.80. The van der Waals surface area contributed by atoms with Crippen molar-refractivity contribution in [2.24, 2.45) is 10.9 Å². The molecule has 1 saturated carbocycles. The predicted octanol–water partition coefficient (Wildman–Crippen LogP) is 2.26. The second-order valence-corrected chi connectivity index (χ2v) is 6.48. The zero-order chi connectivity index (χ0) is 16.1. The largest absolute Gasteiger partial charge is 0.462 e. The molecule has 1 fully saturated rings. The molecule has 1 aliphatic carbocycles. The Hall–Kier alpha value is -1.63. The van der Waals surface area contributed by atoms with Gasteiger partial charge in [0.15, 0.2) is 5.96 Å². The number of nitrogens with one attached hydrogen (secondary N) is 2. The molecule has 2 rings (SSSR count). The summed E-state index contributed by atoms with van der Waals surface area (Å²) < 4.78 is 5.05. The number of rotatable bonds is 6. The first-order valence-electron chi connectivity index (χ1n) is 7.66. The molecule has 0 saturated heterocycles. The number of esters is 1. The average molecular weight is 324 g/mol. The second kappa shape index (κ2) is 7.58. The first-order chi connectivity index (χ1) is 10.5. The molecule has 0 aliphatic heterocycles. The molecule has 1 atom stereocenters. The lowest BCUT2D eigenvalue weighted by Gasteiger charge is -2.16. The fourth-order valence-corrected chi connectivity index (χ4v) is 2.98. The summed E-state index contributed by atoms with van der Waals surface area (Å²) in [5.41, 5.74) is 0.716. The Bertz CT molecular complexity index is 552. The molecule has 1 heterocycles. The molecule has 1 unspecified atom stereocenters. The molecule has 1 aromatic rings. The van der Waals surface area contributed by atoms with Gasteiger partial charge in [0, 0.05) is 13.6 Å². The van der Waals surface area contributed by atoms with Crippen molar-refractivity contribution in [3.05, 3.63) is 15.6 Å². The van der Waals surface area contributed by atoms with Crippen LogP contribution in [0.3, 0.4) is 0 Å². The molecule has 0 amide bonds. The van der Waals surface area contributed by atoms with Crippen LogP contribution >= 0.6 is 11.3 Å². The summed E-state index contributed by atoms with van der Waals surface area (Å²) in [6.07, 6.45) is 2.60. The highest BCUT2D eigenvalue weighted by molar-refractivity contribution is 7.13. The average Bonchev–Trinajstić information content (AvgIpc) is 3.24. The minimum atomic E-state index is -0.299. The molecule has 1 aromatic heterocycles. The number of hydrogen-bond acceptors (Lipinski definition) is 5. The Labute approximate surface area is 135 Å². The summed E-state index contributed by atoms with van der Waals surface area (Å²) in [6, 6.07) is -0.0164. The van der Waals surface area contributed by atoms with Crippen LogP contribution in [0.5, 0.6) is 0 Å². The highest BCUT2D eigenvalue weighted by Gasteiger charge is 2.22. The van der Waals surface area contributed by atoms with Crippen LogP contribution in [0.4, 0.5) is 0 Å². The third kappa shape index (κ3) is 4.43. The molecular formula is C15H24N4O2S. The van der Waals surface area contributed by atoms with E-state index in [4.69, 9.17) is 4.74 Å². The van der Waals surface area contributed by atoms with E-state index in [9.17, 15) is 4.79 Å². The lowest BCUT2D eigenvalue weighted by atomic mass is 10.3. The topological polar surface area (TPSA) is 75.6 Å². The molecule has 0 radical (unpaired) electrons. The van der Waals surface area contributed by atoms with Crippen LogP contribution in [-0.4, -0.2) is 37.1 Å². The number of hydrogen-bond donors (Lipinski definition) is 2. The normalized spacial score (nSPS) is 16.3. The van der Waals surface area contributed by atoms with Gasteiger partial charge in [-0.15, -0.1) is 11.3 Å². The van der Waals surface area contributed by atoms with Crippen molar-refractivity contribution in [2.75, 3.05) is 20.2 Å². The van der Waals surface area contributed by atoms with Crippen molar-refractivity contribution in [1.82, 2.24) is 15.6 Å². The maximum atomic E-state index is 11.9. The SMILES string of the molecule is CCOC(=O)c1sc(C(C)NC(=NC)NCC2CC2)nc1C. The highest BCUT2D eigenvalue weighted by Crippen LogP contribution is 2.27. The molecular weight excluding hydrogens is 300 g/mol. The monoisotopic (exact) mass is 324 g/mol. The van der Waals surface area contributed by atoms with E-state index < -0.39 is 0 Å². The first kappa shape index (κ1) is 16.7. The second-order valence-electron chi connectivity index (χ2n) is 5.45. The summed E-state index contributed by atoms with van der Waals surface area (Å²) in [5, 5.41) is 7.49. The molecule has 7 heteroatoms. The predicted molar refractivity (Wildman–Crippen MR) is 88.4 cm³/mol. The standard InChI is InChI=1S/C15H24N4O2S/c1-5-21-14(20)12-9(2)18-13(22-12)10(3)19-15(16-4)17-8-11-6-7-11/h10-11H,5-8H2,1-4H3,(H2,16,17,19). The van der Waals surface area contributed by atoms with Crippen LogP contribution in [-0.2, 0) is 4.74 Å². The number of aryl methyl sites for hydroxylation is 1. The summed E-state index contributed by atoms with van der Waals surface area (Å²) in [4.78, 5) is 21.1. The van der Waals surface area contributed by atoms with Crippen LogP contribution in [0.15, 0.2) is 4.99 Å². The van der Waals surface area contributed by atoms with Crippen molar-refractivity contribution >= 4 is 23.3 Å². The van der Waals surface area contributed by atoms with E-state index in [1.165, 1.54) is 24.2 Å². The fourth-order valence-electron chi connectivity index (χ4n) is 2.01. The maximum Gasteiger partial charge on any atom is 0.350 e. The number of thiazole rings is 1. The van der Waals surface area contributed by atoms with Crippen molar-refractivity contribution in [3.63, 3.8) is 0 Å². The van der Waals surface area contributed by atoms with Crippen LogP contribution in [0.1, 0.15) is 53.1 Å². The van der Waals surface area contributed by atoms with Gasteiger partial charge in [-0.2, -0.15) is 0 Å². The number of guanidine groups is 1. The maximum absolute atomic E-state index is 11.9. The lowest BCUT2D eigenvalue weighted by molar-refractivity contribution is 0.0531. The van der Waals surface area contributed by atoms with E-state index in [-0.39, 0.29) is 12.0 Å². The van der Waals surface area contributed by atoms with Crippen molar-refractivity contribution in [1.29, 1.82) is 0 Å². The smallest absolute Gasteiger partial charge is 0.350 e. The van der Waals surface area contributed by atoms with E-state index >= 15 is 0 Å². The molecule has 2 N–H and O–H groups in total. The van der Waals surface area contributed by atoms with E-state index in [0.717, 1.165) is 23.4 Å². The Morgan fingerprint density at radius 1 is 1.55 bits per heavy atom. The van der Waals surface area contributed by atoms with Crippen molar-refractivity contribution < 1.29 is 9.53 Å². The molecule has 122 valence electrons. The summed E-state index contributed by atoms with van der Waals surface area (Å²) in [7, 11) is 1.76. The lowest BCUT2D eigenvalue weighted by Crippen LogP contribution is -2.39. The highest BCUT2D eigenvalue weighted by atomic mass is 32.1. The number of ether oxygens (including phenoxy) is 1. The summed E-state index contributed by atoms with van der Waals surface area (Å²) in [6.45, 7) is 6.97. The van der Waals surface area contributed by atoms with E-state index in [0.29, 0.717) is 17.2 Å². The van der Waals surface area contributed by atoms with Gasteiger partial charge in [0.1, 0.15) is 9.88 Å². The van der Waals surface area contributed by atoms with E-state index in [2.05, 4.69) is 20.6 Å². The quantitative estimate of drug-likeness (QED) is 0.477. The van der Waals surface area contributed by atoms with Gasteiger partial charge >= 0.3 is 5.97 Å². The van der Waals surface area contributed by atoms with E-state index in [1.807, 2.05) is 13.8 Å². The van der Waals surface area contributed by atoms with Gasteiger partial charge in [0.2, 0.25) is 0 Å². The zero-order valence-electron chi connectivity index (χ0n) is 13.6. The Morgan fingerprint density at radius 3 is 2.86 bits per heavy atom. The number of carbonyl (C=O) groups is 1. The van der Waals surface area contributed by atoms with Crippen molar-refractivity contribution in [2.45, 2.75) is 39.7 Å². The van der Waals surface area contributed by atoms with Gasteiger partial charge in [0.05, 0.1) is 18.3 Å². The Morgan fingerprint density at radius 2 is 2.27 bits per heavy atom. The number of aromatic nitrogens is 1. The van der Waals surface area contributed by atoms with Gasteiger partial charge in [0.25, 0.3) is 0 Å². The molecule has 0 aromatic carbocycles. The summed E-state index contributed by atoms with van der Waals surface area (Å²) in [5.74, 6) is 1.25. The van der Waals surface area contributed by atoms with Gasteiger partial charge < -0.3 is 15.4 Å². The molecule has 6 nitrogen and oxygen atoms in total. The Balaban J connectivity index is 1.97. The third-order valence-electron chi connectivity index (χ3n) is 3.48. The van der Waals surface area contributed by atoms with Gasteiger partial charge in [-0.25, -0.2) is 9.78 Å². The summed E-state index contributed by atoms with van der Waals surface area (Å²) >= 11 is 1.37. The van der Waals surface area contributed by atoms with E-state index in [1.54, 1.807) is 14.0 Å². The van der Waals surface area contributed by atoms with Gasteiger partial charge in [-0.3, -0.25) is 4.99 Å². The molecule has 0 bridgehead atoms. The van der Waals surface area contributed by atoms with Crippen molar-refractivity contribution in [3.8, 4) is 0 Å². The van der Waals surface area contributed by atoms with Gasteiger partial charge in [-0.1, -0.05) is 0 Å². The first-order valence-corrected chi connectivity index (χ1v) is 8.48. The van der Waals surface area contributed by atoms with Crippen LogP contribution in [0, 0.1) is 12.8 Å².